The zero-order valence-electron chi connectivity index (χ0n) is 4.43. The van der Waals surface area contributed by atoms with Gasteiger partial charge in [-0.05, 0) is 12.5 Å². The maximum atomic E-state index is 10.7. The third kappa shape index (κ3) is 0.996. The number of allylic oxidation sites excluding steroid dienone is 2. The van der Waals surface area contributed by atoms with Crippen LogP contribution in [0.15, 0.2) is 12.2 Å². The lowest BCUT2D eigenvalue weighted by atomic mass is 10.1. The Kier molecular flexibility index (Phi) is 1.84. The molecule has 1 nitrogen and oxygen atoms in total. The van der Waals surface area contributed by atoms with E-state index in [-0.39, 0.29) is 11.7 Å². The van der Waals surface area contributed by atoms with Gasteiger partial charge in [-0.3, -0.25) is 4.79 Å². The van der Waals surface area contributed by atoms with Crippen LogP contribution >= 0.6 is 15.9 Å². The average Bonchev–Trinajstić information content (AvgIpc) is 2.14. The highest BCUT2D eigenvalue weighted by Crippen LogP contribution is 2.15. The monoisotopic (exact) mass is 174 g/mol. The Morgan fingerprint density at radius 3 is 2.88 bits per heavy atom. The van der Waals surface area contributed by atoms with Crippen molar-refractivity contribution in [2.24, 2.45) is 5.92 Å². The molecule has 1 rings (SSSR count). The molecule has 8 heavy (non-hydrogen) atoms. The van der Waals surface area contributed by atoms with Crippen molar-refractivity contribution < 1.29 is 4.79 Å². The van der Waals surface area contributed by atoms with E-state index in [1.54, 1.807) is 6.08 Å². The fourth-order valence-electron chi connectivity index (χ4n) is 0.740. The Labute approximate surface area is 56.9 Å². The van der Waals surface area contributed by atoms with Crippen LogP contribution in [-0.2, 0) is 4.79 Å². The number of carbonyl (C=O) groups is 1. The van der Waals surface area contributed by atoms with Crippen LogP contribution in [0.5, 0.6) is 0 Å². The molecule has 0 fully saturated rings. The van der Waals surface area contributed by atoms with Crippen LogP contribution < -0.4 is 0 Å². The summed E-state index contributed by atoms with van der Waals surface area (Å²) in [5.74, 6) is 0.497. The summed E-state index contributed by atoms with van der Waals surface area (Å²) in [5.41, 5.74) is 0. The lowest BCUT2D eigenvalue weighted by Crippen LogP contribution is -2.06. The number of hydrogen-bond donors (Lipinski definition) is 0. The van der Waals surface area contributed by atoms with E-state index in [1.165, 1.54) is 0 Å². The van der Waals surface area contributed by atoms with E-state index in [4.69, 9.17) is 0 Å². The maximum Gasteiger partial charge on any atom is 0.159 e. The molecule has 1 unspecified atom stereocenters. The second-order valence-corrected chi connectivity index (χ2v) is 2.54. The van der Waals surface area contributed by atoms with Crippen molar-refractivity contribution in [3.05, 3.63) is 12.2 Å². The minimum atomic E-state index is 0.231. The van der Waals surface area contributed by atoms with Gasteiger partial charge in [0, 0.05) is 11.2 Å². The first-order chi connectivity index (χ1) is 3.84. The topological polar surface area (TPSA) is 17.1 Å². The molecule has 2 heteroatoms. The summed E-state index contributed by atoms with van der Waals surface area (Å²) in [6, 6.07) is 0. The van der Waals surface area contributed by atoms with Crippen LogP contribution in [0.2, 0.25) is 0 Å². The van der Waals surface area contributed by atoms with Crippen molar-refractivity contribution in [2.75, 3.05) is 5.33 Å². The SMILES string of the molecule is O=C1C=CCC1CBr. The molecule has 0 N–H and O–H groups in total. The number of hydrogen-bond acceptors (Lipinski definition) is 1. The summed E-state index contributed by atoms with van der Waals surface area (Å²) in [6.07, 6.45) is 4.50. The van der Waals surface area contributed by atoms with Gasteiger partial charge in [0.2, 0.25) is 0 Å². The van der Waals surface area contributed by atoms with Crippen molar-refractivity contribution in [3.63, 3.8) is 0 Å². The molecular weight excluding hydrogens is 168 g/mol. The van der Waals surface area contributed by atoms with Crippen LogP contribution in [0, 0.1) is 5.92 Å². The first kappa shape index (κ1) is 6.02. The van der Waals surface area contributed by atoms with Crippen molar-refractivity contribution in [1.82, 2.24) is 0 Å². The lowest BCUT2D eigenvalue weighted by molar-refractivity contribution is -0.116. The molecule has 1 atom stereocenters. The number of halogens is 1. The van der Waals surface area contributed by atoms with Crippen molar-refractivity contribution in [2.45, 2.75) is 6.42 Å². The third-order valence-electron chi connectivity index (χ3n) is 1.29. The van der Waals surface area contributed by atoms with E-state index in [9.17, 15) is 4.79 Å². The number of rotatable bonds is 1. The predicted octanol–water partition coefficient (Wildman–Crippen LogP) is 1.53. The van der Waals surface area contributed by atoms with Crippen LogP contribution in [0.3, 0.4) is 0 Å². The number of alkyl halides is 1. The van der Waals surface area contributed by atoms with Crippen LogP contribution in [0.25, 0.3) is 0 Å². The van der Waals surface area contributed by atoms with Gasteiger partial charge in [0.1, 0.15) is 0 Å². The molecule has 1 aliphatic carbocycles. The Hall–Kier alpha value is -0.110. The summed E-state index contributed by atoms with van der Waals surface area (Å²) in [7, 11) is 0. The highest BCUT2D eigenvalue weighted by Gasteiger charge is 2.16. The van der Waals surface area contributed by atoms with Gasteiger partial charge < -0.3 is 0 Å². The average molecular weight is 175 g/mol. The molecular formula is C6H7BrO. The molecule has 0 aromatic heterocycles. The van der Waals surface area contributed by atoms with Gasteiger partial charge in [-0.2, -0.15) is 0 Å². The molecule has 1 aliphatic rings. The quantitative estimate of drug-likeness (QED) is 0.552. The molecule has 0 bridgehead atoms. The van der Waals surface area contributed by atoms with Crippen LogP contribution in [0.1, 0.15) is 6.42 Å². The molecule has 0 aliphatic heterocycles. The molecule has 0 saturated carbocycles. The molecule has 0 spiro atoms. The fourth-order valence-corrected chi connectivity index (χ4v) is 1.32. The molecule has 0 amide bonds. The van der Waals surface area contributed by atoms with Gasteiger partial charge in [-0.1, -0.05) is 22.0 Å². The van der Waals surface area contributed by atoms with Gasteiger partial charge >= 0.3 is 0 Å². The van der Waals surface area contributed by atoms with E-state index in [2.05, 4.69) is 15.9 Å². The molecule has 0 aromatic carbocycles. The molecule has 0 radical (unpaired) electrons. The third-order valence-corrected chi connectivity index (χ3v) is 2.07. The van der Waals surface area contributed by atoms with E-state index >= 15 is 0 Å². The molecule has 0 heterocycles. The maximum absolute atomic E-state index is 10.7. The highest BCUT2D eigenvalue weighted by atomic mass is 79.9. The summed E-state index contributed by atoms with van der Waals surface area (Å²) < 4.78 is 0. The zero-order valence-corrected chi connectivity index (χ0v) is 6.02. The first-order valence-electron chi connectivity index (χ1n) is 2.61. The minimum absolute atomic E-state index is 0.231. The van der Waals surface area contributed by atoms with E-state index in [0.29, 0.717) is 0 Å². The zero-order chi connectivity index (χ0) is 5.98. The summed E-state index contributed by atoms with van der Waals surface area (Å²) >= 11 is 3.26. The van der Waals surface area contributed by atoms with Crippen molar-refractivity contribution >= 4 is 21.7 Å². The van der Waals surface area contributed by atoms with Crippen LogP contribution in [-0.4, -0.2) is 11.1 Å². The fraction of sp³-hybridized carbons (Fsp3) is 0.500. The Morgan fingerprint density at radius 1 is 1.88 bits per heavy atom. The van der Waals surface area contributed by atoms with Crippen molar-refractivity contribution in [3.8, 4) is 0 Å². The molecule has 0 aromatic rings. The van der Waals surface area contributed by atoms with Gasteiger partial charge in [0.15, 0.2) is 5.78 Å². The largest absolute Gasteiger partial charge is 0.295 e. The Morgan fingerprint density at radius 2 is 2.62 bits per heavy atom. The minimum Gasteiger partial charge on any atom is -0.295 e. The molecule has 0 saturated heterocycles. The first-order valence-corrected chi connectivity index (χ1v) is 3.73. The van der Waals surface area contributed by atoms with Gasteiger partial charge in [-0.25, -0.2) is 0 Å². The van der Waals surface area contributed by atoms with Gasteiger partial charge in [0.05, 0.1) is 0 Å². The van der Waals surface area contributed by atoms with Crippen LogP contribution in [0.4, 0.5) is 0 Å². The van der Waals surface area contributed by atoms with E-state index in [1.807, 2.05) is 6.08 Å². The highest BCUT2D eigenvalue weighted by molar-refractivity contribution is 9.09. The second-order valence-electron chi connectivity index (χ2n) is 1.89. The van der Waals surface area contributed by atoms with Gasteiger partial charge in [0.25, 0.3) is 0 Å². The Balaban J connectivity index is 2.51. The molecule has 44 valence electrons. The van der Waals surface area contributed by atoms with E-state index < -0.39 is 0 Å². The summed E-state index contributed by atoms with van der Waals surface area (Å²) in [6.45, 7) is 0. The number of carbonyl (C=O) groups excluding carboxylic acids is 1. The van der Waals surface area contributed by atoms with Crippen molar-refractivity contribution in [1.29, 1.82) is 0 Å². The summed E-state index contributed by atoms with van der Waals surface area (Å²) in [4.78, 5) is 10.7. The standard InChI is InChI=1S/C6H7BrO/c7-4-5-2-1-3-6(5)8/h1,3,5H,2,4H2. The Bertz CT molecular complexity index is 128. The smallest absolute Gasteiger partial charge is 0.159 e. The summed E-state index contributed by atoms with van der Waals surface area (Å²) in [5, 5.41) is 0.804. The predicted molar refractivity (Wildman–Crippen MR) is 36.0 cm³/mol. The second kappa shape index (κ2) is 2.44. The lowest BCUT2D eigenvalue weighted by Gasteiger charge is -1.97. The van der Waals surface area contributed by atoms with Gasteiger partial charge in [-0.15, -0.1) is 0 Å². The number of ketones is 1. The normalized spacial score (nSPS) is 27.1. The van der Waals surface area contributed by atoms with E-state index in [0.717, 1.165) is 11.8 Å².